The number of aromatic amines is 1. The number of fused-ring (bicyclic) bond motifs is 1. The number of likely N-dealkylation sites (tertiary alicyclic amines) is 2. The highest BCUT2D eigenvalue weighted by molar-refractivity contribution is 5.87. The summed E-state index contributed by atoms with van der Waals surface area (Å²) in [5, 5.41) is 14.5. The van der Waals surface area contributed by atoms with E-state index in [-0.39, 0.29) is 43.2 Å². The summed E-state index contributed by atoms with van der Waals surface area (Å²) in [6.07, 6.45) is -2.81. The molecule has 0 aliphatic carbocycles. The number of nitrogens with zero attached hydrogens (tertiary/aromatic N) is 4. The first kappa shape index (κ1) is 28.4. The van der Waals surface area contributed by atoms with Gasteiger partial charge in [0.1, 0.15) is 18.1 Å². The number of hydrogen-bond acceptors (Lipinski definition) is 4. The predicted molar refractivity (Wildman–Crippen MR) is 135 cm³/mol. The van der Waals surface area contributed by atoms with Gasteiger partial charge in [-0.05, 0) is 49.4 Å². The highest BCUT2D eigenvalue weighted by Crippen LogP contribution is 2.32. The molecule has 2 saturated heterocycles. The molecule has 41 heavy (non-hydrogen) atoms. The maximum atomic E-state index is 14.5. The molecule has 15 heteroatoms. The van der Waals surface area contributed by atoms with E-state index in [0.29, 0.717) is 28.0 Å². The summed E-state index contributed by atoms with van der Waals surface area (Å²) in [5.41, 5.74) is -0.0521. The lowest BCUT2D eigenvalue weighted by atomic mass is 9.93. The minimum absolute atomic E-state index is 0.0384. The lowest BCUT2D eigenvalue weighted by Gasteiger charge is -2.33. The molecule has 2 aromatic heterocycles. The van der Waals surface area contributed by atoms with Crippen LogP contribution in [0.15, 0.2) is 41.3 Å². The fourth-order valence-corrected chi connectivity index (χ4v) is 5.73. The van der Waals surface area contributed by atoms with Crippen molar-refractivity contribution in [2.45, 2.75) is 49.9 Å². The summed E-state index contributed by atoms with van der Waals surface area (Å²) in [4.78, 5) is 43.2. The number of H-pyrrole nitrogens is 1. The lowest BCUT2D eigenvalue weighted by molar-refractivity contribution is -0.579. The molecular formula is C26H27F5N6O4. The quantitative estimate of drug-likeness (QED) is 0.280. The summed E-state index contributed by atoms with van der Waals surface area (Å²) in [6.45, 7) is -1.72. The molecule has 0 radical (unpaired) electrons. The van der Waals surface area contributed by atoms with Gasteiger partial charge in [0, 0.05) is 31.6 Å². The number of benzene rings is 1. The van der Waals surface area contributed by atoms with E-state index < -0.39 is 60.5 Å². The first-order valence-electron chi connectivity index (χ1n) is 13.1. The van der Waals surface area contributed by atoms with Crippen molar-refractivity contribution in [1.29, 1.82) is 0 Å². The average Bonchev–Trinajstić information content (AvgIpc) is 3.19. The molecule has 1 aromatic carbocycles. The fraction of sp³-hybridized carbons (Fsp3) is 0.462. The highest BCUT2D eigenvalue weighted by Gasteiger charge is 2.40. The molecule has 2 atom stereocenters. The first-order valence-corrected chi connectivity index (χ1v) is 13.1. The van der Waals surface area contributed by atoms with Crippen LogP contribution in [0.4, 0.5) is 26.7 Å². The summed E-state index contributed by atoms with van der Waals surface area (Å²) >= 11 is 0. The van der Waals surface area contributed by atoms with Crippen LogP contribution in [0.2, 0.25) is 0 Å². The largest absolute Gasteiger partial charge is 0.711 e. The second kappa shape index (κ2) is 11.0. The molecule has 4 heterocycles. The van der Waals surface area contributed by atoms with Crippen molar-refractivity contribution < 1.29 is 36.3 Å². The number of nitrogens with one attached hydrogen (secondary N) is 2. The topological polar surface area (TPSA) is 117 Å². The average molecular weight is 583 g/mol. The minimum atomic E-state index is -4.74. The smallest absolute Gasteiger partial charge is 0.414 e. The molecule has 2 fully saturated rings. The Kier molecular flexibility index (Phi) is 7.62. The SMILES string of the molecule is O=C(N[C@@H]1CC[C@@H](c2cccc(F)c2F)CN(CC(F)(F)F)C1=O)N1CCC(n2c(=O)[nH]c3c2ccc[n+]3[O-])CC1. The normalized spacial score (nSPS) is 20.9. The number of carbonyl (C=O) groups is 2. The van der Waals surface area contributed by atoms with Crippen LogP contribution >= 0.6 is 0 Å². The Morgan fingerprint density at radius 1 is 1.07 bits per heavy atom. The van der Waals surface area contributed by atoms with E-state index >= 15 is 0 Å². The van der Waals surface area contributed by atoms with Gasteiger partial charge in [-0.1, -0.05) is 12.1 Å². The second-order valence-corrected chi connectivity index (χ2v) is 10.3. The third-order valence-electron chi connectivity index (χ3n) is 7.70. The van der Waals surface area contributed by atoms with Crippen LogP contribution in [0.3, 0.4) is 0 Å². The summed E-state index contributed by atoms with van der Waals surface area (Å²) in [5.74, 6) is -4.18. The van der Waals surface area contributed by atoms with Crippen LogP contribution < -0.4 is 15.7 Å². The summed E-state index contributed by atoms with van der Waals surface area (Å²) in [7, 11) is 0. The number of alkyl halides is 3. The van der Waals surface area contributed by atoms with Crippen LogP contribution in [-0.4, -0.2) is 69.7 Å². The molecule has 0 unspecified atom stereocenters. The molecule has 10 nitrogen and oxygen atoms in total. The molecule has 5 rings (SSSR count). The zero-order chi connectivity index (χ0) is 29.5. The maximum Gasteiger partial charge on any atom is 0.414 e. The molecule has 2 aliphatic heterocycles. The van der Waals surface area contributed by atoms with E-state index in [1.807, 2.05) is 0 Å². The van der Waals surface area contributed by atoms with Crippen LogP contribution in [0.5, 0.6) is 0 Å². The van der Waals surface area contributed by atoms with Crippen molar-refractivity contribution in [2.75, 3.05) is 26.2 Å². The number of halogens is 5. The number of urea groups is 1. The van der Waals surface area contributed by atoms with Crippen molar-refractivity contribution in [3.05, 3.63) is 69.4 Å². The van der Waals surface area contributed by atoms with Crippen molar-refractivity contribution in [3.8, 4) is 0 Å². The summed E-state index contributed by atoms with van der Waals surface area (Å²) in [6, 6.07) is 4.30. The van der Waals surface area contributed by atoms with Gasteiger partial charge in [-0.25, -0.2) is 23.1 Å². The van der Waals surface area contributed by atoms with Crippen molar-refractivity contribution in [3.63, 3.8) is 0 Å². The predicted octanol–water partition coefficient (Wildman–Crippen LogP) is 2.92. The Hall–Kier alpha value is -4.17. The number of rotatable bonds is 4. The first-order chi connectivity index (χ1) is 19.4. The Labute approximate surface area is 229 Å². The Morgan fingerprint density at radius 3 is 2.51 bits per heavy atom. The molecule has 0 saturated carbocycles. The van der Waals surface area contributed by atoms with Gasteiger partial charge in [0.15, 0.2) is 11.6 Å². The van der Waals surface area contributed by atoms with Crippen LogP contribution in [-0.2, 0) is 4.79 Å². The third-order valence-corrected chi connectivity index (χ3v) is 7.70. The molecule has 2 aliphatic rings. The Balaban J connectivity index is 1.28. The number of hydrogen-bond donors (Lipinski definition) is 2. The monoisotopic (exact) mass is 582 g/mol. The van der Waals surface area contributed by atoms with Gasteiger partial charge in [0.05, 0.1) is 6.20 Å². The van der Waals surface area contributed by atoms with Crippen LogP contribution in [0.25, 0.3) is 11.2 Å². The number of aromatic nitrogens is 3. The third kappa shape index (κ3) is 5.84. The lowest BCUT2D eigenvalue weighted by Crippen LogP contribution is -2.54. The van der Waals surface area contributed by atoms with Crippen molar-refractivity contribution in [1.82, 2.24) is 24.7 Å². The number of imidazole rings is 1. The van der Waals surface area contributed by atoms with Crippen molar-refractivity contribution >= 4 is 23.1 Å². The maximum absolute atomic E-state index is 14.5. The van der Waals surface area contributed by atoms with E-state index in [9.17, 15) is 41.5 Å². The van der Waals surface area contributed by atoms with E-state index in [2.05, 4.69) is 10.3 Å². The Bertz CT molecular complexity index is 1510. The number of amides is 3. The van der Waals surface area contributed by atoms with Gasteiger partial charge < -0.3 is 20.3 Å². The van der Waals surface area contributed by atoms with E-state index in [1.165, 1.54) is 33.9 Å². The molecule has 3 aromatic rings. The number of pyridine rings is 1. The molecular weight excluding hydrogens is 555 g/mol. The van der Waals surface area contributed by atoms with Crippen molar-refractivity contribution in [2.24, 2.45) is 0 Å². The number of piperidine rings is 1. The molecule has 220 valence electrons. The highest BCUT2D eigenvalue weighted by atomic mass is 19.4. The Morgan fingerprint density at radius 2 is 1.80 bits per heavy atom. The van der Waals surface area contributed by atoms with E-state index in [0.717, 1.165) is 6.07 Å². The van der Waals surface area contributed by atoms with Gasteiger partial charge in [0.25, 0.3) is 0 Å². The van der Waals surface area contributed by atoms with E-state index in [1.54, 1.807) is 6.07 Å². The zero-order valence-corrected chi connectivity index (χ0v) is 21.7. The molecule has 0 bridgehead atoms. The molecule has 2 N–H and O–H groups in total. The van der Waals surface area contributed by atoms with E-state index in [4.69, 9.17) is 0 Å². The van der Waals surface area contributed by atoms with Crippen LogP contribution in [0, 0.1) is 16.8 Å². The van der Waals surface area contributed by atoms with Crippen LogP contribution in [0.1, 0.15) is 43.2 Å². The van der Waals surface area contributed by atoms with Gasteiger partial charge in [-0.3, -0.25) is 9.36 Å². The van der Waals surface area contributed by atoms with Gasteiger partial charge in [-0.2, -0.15) is 18.2 Å². The standard InChI is InChI=1S/C26H27F5N6O4/c27-18-4-1-3-17(21(18)28)15-6-7-19(23(38)35(13-15)14-26(29,30)31)32-24(39)34-11-8-16(9-12-34)37-20-5-2-10-36(41)22(20)33-25(37)40/h1-5,10,15-16,19H,6-9,11-14H2,(H,32,39)(H,33,40)/t15-,19-/m1/s1. The zero-order valence-electron chi connectivity index (χ0n) is 21.7. The number of carbonyl (C=O) groups excluding carboxylic acids is 2. The fourth-order valence-electron chi connectivity index (χ4n) is 5.73. The van der Waals surface area contributed by atoms with Gasteiger partial charge in [0.2, 0.25) is 5.91 Å². The second-order valence-electron chi connectivity index (χ2n) is 10.3. The molecule has 0 spiro atoms. The molecule has 3 amide bonds. The minimum Gasteiger partial charge on any atom is -0.711 e. The van der Waals surface area contributed by atoms with Gasteiger partial charge in [-0.15, -0.1) is 0 Å². The van der Waals surface area contributed by atoms with Gasteiger partial charge >= 0.3 is 23.5 Å². The summed E-state index contributed by atoms with van der Waals surface area (Å²) < 4.78 is 70.3.